The summed E-state index contributed by atoms with van der Waals surface area (Å²) in [6.45, 7) is 5.52. The van der Waals surface area contributed by atoms with Crippen LogP contribution in [0.3, 0.4) is 0 Å². The zero-order valence-electron chi connectivity index (χ0n) is 28.1. The summed E-state index contributed by atoms with van der Waals surface area (Å²) in [6.07, 6.45) is -5.14. The zero-order valence-corrected chi connectivity index (χ0v) is 28.1. The largest absolute Gasteiger partial charge is 0.497 e. The van der Waals surface area contributed by atoms with Gasteiger partial charge >= 0.3 is 12.2 Å². The Hall–Kier alpha value is -4.04. The number of fused-ring (bicyclic) bond motifs is 1. The topological polar surface area (TPSA) is 130 Å². The molecule has 0 saturated carbocycles. The molecule has 0 saturated heterocycles. The average molecular weight is 681 g/mol. The van der Waals surface area contributed by atoms with E-state index in [0.29, 0.717) is 42.3 Å². The molecule has 11 nitrogen and oxygen atoms in total. The van der Waals surface area contributed by atoms with E-state index in [0.717, 1.165) is 6.42 Å². The van der Waals surface area contributed by atoms with E-state index in [1.165, 1.54) is 22.9 Å². The number of benzene rings is 2. The lowest BCUT2D eigenvalue weighted by Gasteiger charge is -2.36. The molecule has 0 bridgehead atoms. The van der Waals surface area contributed by atoms with Crippen LogP contribution < -0.4 is 20.1 Å². The molecule has 0 radical (unpaired) electrons. The van der Waals surface area contributed by atoms with E-state index in [1.54, 1.807) is 50.4 Å². The second kappa shape index (κ2) is 17.9. The van der Waals surface area contributed by atoms with Crippen LogP contribution in [0.15, 0.2) is 42.5 Å². The number of carbonyl (C=O) groups excluding carboxylic acids is 3. The predicted molar refractivity (Wildman–Crippen MR) is 175 cm³/mol. The lowest BCUT2D eigenvalue weighted by molar-refractivity contribution is -0.149. The van der Waals surface area contributed by atoms with Gasteiger partial charge in [0.25, 0.3) is 5.91 Å². The van der Waals surface area contributed by atoms with Crippen LogP contribution in [0.2, 0.25) is 0 Å². The molecular formula is C34H47F3N4O7. The smallest absolute Gasteiger partial charge is 0.389 e. The first-order valence-electron chi connectivity index (χ1n) is 16.1. The summed E-state index contributed by atoms with van der Waals surface area (Å²) in [6, 6.07) is 10.4. The summed E-state index contributed by atoms with van der Waals surface area (Å²) in [4.78, 5) is 42.3. The van der Waals surface area contributed by atoms with Gasteiger partial charge in [-0.2, -0.15) is 13.2 Å². The van der Waals surface area contributed by atoms with Crippen LogP contribution in [0.5, 0.6) is 11.5 Å². The van der Waals surface area contributed by atoms with Crippen molar-refractivity contribution in [2.24, 2.45) is 5.92 Å². The first-order valence-corrected chi connectivity index (χ1v) is 16.1. The third-order valence-corrected chi connectivity index (χ3v) is 8.16. The number of carbonyl (C=O) groups is 3. The second-order valence-corrected chi connectivity index (χ2v) is 12.2. The molecule has 14 heteroatoms. The number of anilines is 2. The Balaban J connectivity index is 1.88. The number of likely N-dealkylation sites (N-methyl/N-ethyl adjacent to an activating group) is 1. The van der Waals surface area contributed by atoms with Crippen molar-refractivity contribution in [3.05, 3.63) is 48.0 Å². The van der Waals surface area contributed by atoms with Crippen molar-refractivity contribution in [1.29, 1.82) is 0 Å². The van der Waals surface area contributed by atoms with E-state index >= 15 is 0 Å². The monoisotopic (exact) mass is 680 g/mol. The van der Waals surface area contributed by atoms with E-state index in [2.05, 4.69) is 10.6 Å². The quantitative estimate of drug-likeness (QED) is 0.299. The second-order valence-electron chi connectivity index (χ2n) is 12.2. The Morgan fingerprint density at radius 2 is 1.77 bits per heavy atom. The molecule has 2 aromatic rings. The van der Waals surface area contributed by atoms with Gasteiger partial charge in [0.1, 0.15) is 11.5 Å². The molecule has 3 N–H and O–H groups in total. The van der Waals surface area contributed by atoms with Gasteiger partial charge in [-0.1, -0.05) is 6.92 Å². The number of hydrogen-bond donors (Lipinski definition) is 3. The molecular weight excluding hydrogens is 633 g/mol. The number of amides is 4. The Bertz CT molecular complexity index is 1360. The molecule has 0 unspecified atom stereocenters. The van der Waals surface area contributed by atoms with Crippen LogP contribution in [0.1, 0.15) is 63.2 Å². The molecule has 48 heavy (non-hydrogen) atoms. The zero-order chi connectivity index (χ0) is 35.4. The van der Waals surface area contributed by atoms with Crippen molar-refractivity contribution >= 4 is 29.2 Å². The van der Waals surface area contributed by atoms with E-state index in [4.69, 9.17) is 14.2 Å². The summed E-state index contributed by atoms with van der Waals surface area (Å²) in [7, 11) is 2.98. The summed E-state index contributed by atoms with van der Waals surface area (Å²) < 4.78 is 55.8. The molecule has 4 atom stereocenters. The van der Waals surface area contributed by atoms with Gasteiger partial charge in [-0.3, -0.25) is 9.59 Å². The highest BCUT2D eigenvalue weighted by Gasteiger charge is 2.32. The highest BCUT2D eigenvalue weighted by Crippen LogP contribution is 2.29. The lowest BCUT2D eigenvalue weighted by Crippen LogP contribution is -2.48. The van der Waals surface area contributed by atoms with Crippen LogP contribution in [-0.4, -0.2) is 97.6 Å². The van der Waals surface area contributed by atoms with E-state index < -0.39 is 49.0 Å². The molecule has 0 fully saturated rings. The SMILES string of the molecule is COc1ccc(NC(=O)Nc2ccc3c(c2)C(=O)N([C@@H](C)CO)C[C@H](C)[C@H](CN(C)C(=O)CCC(F)(F)F)OCCCC[C@@H](C)O3)cc1. The maximum Gasteiger partial charge on any atom is 0.389 e. The van der Waals surface area contributed by atoms with Gasteiger partial charge in [-0.05, 0) is 75.6 Å². The number of hydrogen-bond acceptors (Lipinski definition) is 7. The minimum atomic E-state index is -4.45. The fraction of sp³-hybridized carbons (Fsp3) is 0.559. The van der Waals surface area contributed by atoms with Crippen LogP contribution in [0.25, 0.3) is 0 Å². The van der Waals surface area contributed by atoms with Crippen molar-refractivity contribution in [3.8, 4) is 11.5 Å². The molecule has 4 amide bonds. The highest BCUT2D eigenvalue weighted by atomic mass is 19.4. The van der Waals surface area contributed by atoms with Crippen LogP contribution in [-0.2, 0) is 9.53 Å². The fourth-order valence-electron chi connectivity index (χ4n) is 5.24. The van der Waals surface area contributed by atoms with Crippen molar-refractivity contribution < 1.29 is 46.9 Å². The maximum atomic E-state index is 14.2. The normalized spacial score (nSPS) is 20.1. The van der Waals surface area contributed by atoms with Crippen molar-refractivity contribution in [1.82, 2.24) is 9.80 Å². The van der Waals surface area contributed by atoms with Gasteiger partial charge < -0.3 is 39.8 Å². The molecule has 2 aromatic carbocycles. The molecule has 0 aliphatic carbocycles. The number of alkyl halides is 3. The molecule has 0 spiro atoms. The van der Waals surface area contributed by atoms with Crippen LogP contribution in [0, 0.1) is 5.92 Å². The van der Waals surface area contributed by atoms with Gasteiger partial charge in [0.2, 0.25) is 5.91 Å². The van der Waals surface area contributed by atoms with E-state index in [1.807, 2.05) is 13.8 Å². The van der Waals surface area contributed by atoms with E-state index in [-0.39, 0.29) is 37.3 Å². The number of nitrogens with zero attached hydrogens (tertiary/aromatic N) is 2. The Morgan fingerprint density at radius 3 is 2.42 bits per heavy atom. The van der Waals surface area contributed by atoms with Crippen LogP contribution in [0.4, 0.5) is 29.3 Å². The van der Waals surface area contributed by atoms with Crippen LogP contribution >= 0.6 is 0 Å². The first kappa shape index (κ1) is 38.4. The van der Waals surface area contributed by atoms with Gasteiger partial charge in [-0.25, -0.2) is 4.79 Å². The molecule has 3 rings (SSSR count). The van der Waals surface area contributed by atoms with Crippen molar-refractivity contribution in [2.45, 2.75) is 77.3 Å². The minimum Gasteiger partial charge on any atom is -0.497 e. The third kappa shape index (κ3) is 11.9. The highest BCUT2D eigenvalue weighted by molar-refractivity contribution is 6.02. The maximum absolute atomic E-state index is 14.2. The average Bonchev–Trinajstić information content (AvgIpc) is 3.04. The minimum absolute atomic E-state index is 0.0286. The molecule has 1 aliphatic heterocycles. The molecule has 266 valence electrons. The number of halogens is 3. The number of aliphatic hydroxyl groups is 1. The Labute approximate surface area is 279 Å². The Kier molecular flexibility index (Phi) is 14.3. The number of nitrogens with one attached hydrogen (secondary N) is 2. The van der Waals surface area contributed by atoms with Gasteiger partial charge in [0, 0.05) is 50.5 Å². The summed E-state index contributed by atoms with van der Waals surface area (Å²) in [5, 5.41) is 15.6. The summed E-state index contributed by atoms with van der Waals surface area (Å²) in [5.41, 5.74) is 1.03. The number of methoxy groups -OCH3 is 1. The number of aliphatic hydroxyl groups excluding tert-OH is 1. The van der Waals surface area contributed by atoms with Gasteiger partial charge in [-0.15, -0.1) is 0 Å². The first-order chi connectivity index (χ1) is 22.7. The fourth-order valence-corrected chi connectivity index (χ4v) is 5.24. The van der Waals surface area contributed by atoms with Gasteiger partial charge in [0.15, 0.2) is 0 Å². The van der Waals surface area contributed by atoms with E-state index in [9.17, 15) is 32.7 Å². The van der Waals surface area contributed by atoms with Crippen molar-refractivity contribution in [3.63, 3.8) is 0 Å². The lowest BCUT2D eigenvalue weighted by atomic mass is 10.0. The van der Waals surface area contributed by atoms with Gasteiger partial charge in [0.05, 0.1) is 44.0 Å². The Morgan fingerprint density at radius 1 is 1.10 bits per heavy atom. The number of rotatable bonds is 9. The standard InChI is InChI=1S/C34H47F3N4O7/c1-22-19-41(23(2)21-42)32(44)28-18-26(39-33(45)38-25-9-12-27(46-5)13-10-25)11-14-29(28)48-24(3)8-6-7-17-47-30(22)20-40(4)31(43)15-16-34(35,36)37/h9-14,18,22-24,30,42H,6-8,15-17,19-21H2,1-5H3,(H2,38,39,45)/t22-,23-,24+,30-/m0/s1. The molecule has 1 heterocycles. The predicted octanol–water partition coefficient (Wildman–Crippen LogP) is 5.94. The summed E-state index contributed by atoms with van der Waals surface area (Å²) >= 11 is 0. The number of ether oxygens (including phenoxy) is 3. The molecule has 1 aliphatic rings. The number of urea groups is 1. The molecule has 0 aromatic heterocycles. The summed E-state index contributed by atoms with van der Waals surface area (Å²) in [5.74, 6) is -0.555. The van der Waals surface area contributed by atoms with Crippen molar-refractivity contribution in [2.75, 3.05) is 51.1 Å². The third-order valence-electron chi connectivity index (χ3n) is 8.16.